The van der Waals surface area contributed by atoms with Gasteiger partial charge in [0.25, 0.3) is 5.91 Å². The Balaban J connectivity index is 2.08. The molecule has 4 nitrogen and oxygen atoms in total. The number of anilines is 1. The molecule has 1 aliphatic rings. The van der Waals surface area contributed by atoms with E-state index in [1.54, 1.807) is 6.20 Å². The number of carbonyl (C=O) groups is 1. The van der Waals surface area contributed by atoms with Gasteiger partial charge in [-0.15, -0.1) is 0 Å². The highest BCUT2D eigenvalue weighted by Gasteiger charge is 2.27. The summed E-state index contributed by atoms with van der Waals surface area (Å²) in [4.78, 5) is 18.6. The fourth-order valence-electron chi connectivity index (χ4n) is 2.50. The SMILES string of the molecule is CCNc1ccc(C(=O)N2CCCC2CC)cn1. The van der Waals surface area contributed by atoms with Crippen LogP contribution in [0.4, 0.5) is 5.82 Å². The molecule has 0 aliphatic carbocycles. The third kappa shape index (κ3) is 2.63. The van der Waals surface area contributed by atoms with E-state index in [1.165, 1.54) is 0 Å². The highest BCUT2D eigenvalue weighted by molar-refractivity contribution is 5.94. The van der Waals surface area contributed by atoms with Gasteiger partial charge in [0.2, 0.25) is 0 Å². The number of hydrogen-bond acceptors (Lipinski definition) is 3. The van der Waals surface area contributed by atoms with Crippen LogP contribution in [-0.2, 0) is 0 Å². The van der Waals surface area contributed by atoms with Gasteiger partial charge >= 0.3 is 0 Å². The highest BCUT2D eigenvalue weighted by atomic mass is 16.2. The molecular formula is C14H21N3O. The largest absolute Gasteiger partial charge is 0.370 e. The number of amides is 1. The minimum Gasteiger partial charge on any atom is -0.370 e. The molecule has 98 valence electrons. The van der Waals surface area contributed by atoms with Gasteiger partial charge in [-0.25, -0.2) is 4.98 Å². The summed E-state index contributed by atoms with van der Waals surface area (Å²) >= 11 is 0. The second kappa shape index (κ2) is 5.85. The molecule has 2 heterocycles. The van der Waals surface area contributed by atoms with Crippen LogP contribution in [0.25, 0.3) is 0 Å². The summed E-state index contributed by atoms with van der Waals surface area (Å²) in [5, 5.41) is 3.13. The number of nitrogens with one attached hydrogen (secondary N) is 1. The number of rotatable bonds is 4. The summed E-state index contributed by atoms with van der Waals surface area (Å²) in [7, 11) is 0. The number of pyridine rings is 1. The molecule has 1 atom stereocenters. The number of aromatic nitrogens is 1. The maximum atomic E-state index is 12.4. The Labute approximate surface area is 108 Å². The van der Waals surface area contributed by atoms with Gasteiger partial charge in [0.1, 0.15) is 5.82 Å². The van der Waals surface area contributed by atoms with E-state index in [9.17, 15) is 4.79 Å². The molecule has 1 fully saturated rings. The van der Waals surface area contributed by atoms with Gasteiger partial charge in [-0.1, -0.05) is 6.92 Å². The molecule has 1 unspecified atom stereocenters. The van der Waals surface area contributed by atoms with E-state index in [0.717, 1.165) is 38.2 Å². The number of nitrogens with zero attached hydrogens (tertiary/aromatic N) is 2. The van der Waals surface area contributed by atoms with Crippen molar-refractivity contribution in [2.45, 2.75) is 39.2 Å². The Morgan fingerprint density at radius 2 is 2.33 bits per heavy atom. The van der Waals surface area contributed by atoms with E-state index < -0.39 is 0 Å². The molecule has 1 aliphatic heterocycles. The molecule has 0 radical (unpaired) electrons. The van der Waals surface area contributed by atoms with Crippen LogP contribution in [0, 0.1) is 0 Å². The van der Waals surface area contributed by atoms with Crippen molar-refractivity contribution in [3.05, 3.63) is 23.9 Å². The summed E-state index contributed by atoms with van der Waals surface area (Å²) in [6.07, 6.45) is 4.96. The standard InChI is InChI=1S/C14H21N3O/c1-3-12-6-5-9-17(12)14(18)11-7-8-13(15-4-2)16-10-11/h7-8,10,12H,3-6,9H2,1-2H3,(H,15,16). The molecule has 1 amide bonds. The number of carbonyl (C=O) groups excluding carboxylic acids is 1. The summed E-state index contributed by atoms with van der Waals surface area (Å²) in [5.41, 5.74) is 0.692. The van der Waals surface area contributed by atoms with Crippen molar-refractivity contribution in [3.63, 3.8) is 0 Å². The lowest BCUT2D eigenvalue weighted by Crippen LogP contribution is -2.35. The molecule has 2 rings (SSSR count). The van der Waals surface area contributed by atoms with Crippen molar-refractivity contribution in [2.24, 2.45) is 0 Å². The summed E-state index contributed by atoms with van der Waals surface area (Å²) in [6.45, 7) is 5.89. The van der Waals surface area contributed by atoms with Crippen molar-refractivity contribution < 1.29 is 4.79 Å². The molecule has 1 aromatic heterocycles. The summed E-state index contributed by atoms with van der Waals surface area (Å²) < 4.78 is 0. The lowest BCUT2D eigenvalue weighted by atomic mass is 10.1. The molecule has 0 saturated carbocycles. The van der Waals surface area contributed by atoms with Crippen LogP contribution in [0.1, 0.15) is 43.5 Å². The van der Waals surface area contributed by atoms with E-state index in [0.29, 0.717) is 11.6 Å². The van der Waals surface area contributed by atoms with Gasteiger partial charge in [0.15, 0.2) is 0 Å². The number of likely N-dealkylation sites (tertiary alicyclic amines) is 1. The second-order valence-electron chi connectivity index (χ2n) is 4.67. The smallest absolute Gasteiger partial charge is 0.255 e. The Morgan fingerprint density at radius 1 is 1.50 bits per heavy atom. The zero-order valence-electron chi connectivity index (χ0n) is 11.1. The summed E-state index contributed by atoms with van der Waals surface area (Å²) in [6, 6.07) is 4.14. The van der Waals surface area contributed by atoms with Crippen molar-refractivity contribution >= 4 is 11.7 Å². The van der Waals surface area contributed by atoms with Crippen LogP contribution in [0.2, 0.25) is 0 Å². The van der Waals surface area contributed by atoms with Gasteiger partial charge in [-0.3, -0.25) is 4.79 Å². The Kier molecular flexibility index (Phi) is 4.18. The van der Waals surface area contributed by atoms with Gasteiger partial charge in [-0.05, 0) is 38.3 Å². The quantitative estimate of drug-likeness (QED) is 0.889. The molecule has 4 heteroatoms. The zero-order chi connectivity index (χ0) is 13.0. The van der Waals surface area contributed by atoms with Crippen molar-refractivity contribution in [2.75, 3.05) is 18.4 Å². The zero-order valence-corrected chi connectivity index (χ0v) is 11.1. The van der Waals surface area contributed by atoms with Crippen LogP contribution in [-0.4, -0.2) is 34.9 Å². The second-order valence-corrected chi connectivity index (χ2v) is 4.67. The van der Waals surface area contributed by atoms with Crippen LogP contribution in [0.5, 0.6) is 0 Å². The molecular weight excluding hydrogens is 226 g/mol. The predicted octanol–water partition coefficient (Wildman–Crippen LogP) is 2.53. The minimum atomic E-state index is 0.120. The Hall–Kier alpha value is -1.58. The van der Waals surface area contributed by atoms with Crippen molar-refractivity contribution in [3.8, 4) is 0 Å². The fourth-order valence-corrected chi connectivity index (χ4v) is 2.50. The molecule has 1 saturated heterocycles. The summed E-state index contributed by atoms with van der Waals surface area (Å²) in [5.74, 6) is 0.942. The molecule has 1 aromatic rings. The Morgan fingerprint density at radius 3 is 2.94 bits per heavy atom. The fraction of sp³-hybridized carbons (Fsp3) is 0.571. The predicted molar refractivity (Wildman–Crippen MR) is 72.8 cm³/mol. The van der Waals surface area contributed by atoms with Crippen molar-refractivity contribution in [1.82, 2.24) is 9.88 Å². The molecule has 0 bridgehead atoms. The van der Waals surface area contributed by atoms with E-state index in [2.05, 4.69) is 17.2 Å². The van der Waals surface area contributed by atoms with Gasteiger partial charge in [0.05, 0.1) is 5.56 Å². The van der Waals surface area contributed by atoms with Crippen LogP contribution < -0.4 is 5.32 Å². The van der Waals surface area contributed by atoms with Gasteiger partial charge in [-0.2, -0.15) is 0 Å². The lowest BCUT2D eigenvalue weighted by Gasteiger charge is -2.23. The third-order valence-corrected chi connectivity index (χ3v) is 3.48. The van der Waals surface area contributed by atoms with Crippen LogP contribution in [0.3, 0.4) is 0 Å². The molecule has 0 spiro atoms. The first-order chi connectivity index (χ1) is 8.76. The number of hydrogen-bond donors (Lipinski definition) is 1. The van der Waals surface area contributed by atoms with E-state index in [1.807, 2.05) is 24.0 Å². The van der Waals surface area contributed by atoms with Gasteiger partial charge < -0.3 is 10.2 Å². The topological polar surface area (TPSA) is 45.2 Å². The average molecular weight is 247 g/mol. The molecule has 0 aromatic carbocycles. The van der Waals surface area contributed by atoms with Crippen molar-refractivity contribution in [1.29, 1.82) is 0 Å². The normalized spacial score (nSPS) is 19.0. The van der Waals surface area contributed by atoms with E-state index in [4.69, 9.17) is 0 Å². The third-order valence-electron chi connectivity index (χ3n) is 3.48. The lowest BCUT2D eigenvalue weighted by molar-refractivity contribution is 0.0733. The van der Waals surface area contributed by atoms with Gasteiger partial charge in [0, 0.05) is 25.3 Å². The van der Waals surface area contributed by atoms with E-state index >= 15 is 0 Å². The first-order valence-corrected chi connectivity index (χ1v) is 6.77. The minimum absolute atomic E-state index is 0.120. The molecule has 18 heavy (non-hydrogen) atoms. The van der Waals surface area contributed by atoms with E-state index in [-0.39, 0.29) is 5.91 Å². The maximum absolute atomic E-state index is 12.4. The first-order valence-electron chi connectivity index (χ1n) is 6.77. The average Bonchev–Trinajstić information content (AvgIpc) is 2.87. The first kappa shape index (κ1) is 12.9. The highest BCUT2D eigenvalue weighted by Crippen LogP contribution is 2.22. The van der Waals surface area contributed by atoms with Crippen LogP contribution >= 0.6 is 0 Å². The Bertz CT molecular complexity index is 402. The monoisotopic (exact) mass is 247 g/mol. The molecule has 1 N–H and O–H groups in total. The van der Waals surface area contributed by atoms with Crippen LogP contribution in [0.15, 0.2) is 18.3 Å². The maximum Gasteiger partial charge on any atom is 0.255 e.